The SMILES string of the molecule is C[C@@H]1[C@@H](CO)O[C@@H](c2cc(F)c3c(N)ncnn23)[C@]1(C)F. The monoisotopic (exact) mass is 298 g/mol. The van der Waals surface area contributed by atoms with E-state index in [0.29, 0.717) is 0 Å². The highest BCUT2D eigenvalue weighted by Gasteiger charge is 2.53. The van der Waals surface area contributed by atoms with Crippen molar-refractivity contribution in [3.05, 3.63) is 23.9 Å². The molecule has 8 heteroatoms. The summed E-state index contributed by atoms with van der Waals surface area (Å²) in [5.41, 5.74) is 4.07. The standard InChI is InChI=1S/C13H16F2N4O2/c1-6-9(4-20)21-11(13(6,2)15)8-3-7(14)10-12(16)17-5-18-19(8)10/h3,5-6,9,11,20H,4H2,1-2H3,(H2,16,17,18)/t6-,9-,11+,13-/m1/s1. The third-order valence-electron chi connectivity index (χ3n) is 4.28. The number of nitrogen functional groups attached to an aromatic ring is 1. The van der Waals surface area contributed by atoms with Crippen LogP contribution in [-0.4, -0.2) is 38.1 Å². The number of fused-ring (bicyclic) bond motifs is 1. The predicted molar refractivity (Wildman–Crippen MR) is 70.7 cm³/mol. The van der Waals surface area contributed by atoms with Gasteiger partial charge < -0.3 is 15.6 Å². The predicted octanol–water partition coefficient (Wildman–Crippen LogP) is 1.25. The normalized spacial score (nSPS) is 32.9. The van der Waals surface area contributed by atoms with Gasteiger partial charge in [0.1, 0.15) is 23.6 Å². The van der Waals surface area contributed by atoms with Gasteiger partial charge in [-0.25, -0.2) is 18.3 Å². The molecule has 0 bridgehead atoms. The Labute approximate surface area is 119 Å². The molecule has 6 nitrogen and oxygen atoms in total. The Balaban J connectivity index is 2.15. The summed E-state index contributed by atoms with van der Waals surface area (Å²) in [6.45, 7) is 2.72. The van der Waals surface area contributed by atoms with E-state index in [1.165, 1.54) is 17.8 Å². The molecule has 3 N–H and O–H groups in total. The van der Waals surface area contributed by atoms with E-state index < -0.39 is 29.6 Å². The molecule has 2 aromatic heterocycles. The van der Waals surface area contributed by atoms with Gasteiger partial charge in [-0.3, -0.25) is 0 Å². The Morgan fingerprint density at radius 2 is 2.29 bits per heavy atom. The summed E-state index contributed by atoms with van der Waals surface area (Å²) in [5, 5.41) is 13.2. The number of aliphatic hydroxyl groups excluding tert-OH is 1. The minimum atomic E-state index is -1.77. The quantitative estimate of drug-likeness (QED) is 0.871. The van der Waals surface area contributed by atoms with Crippen LogP contribution in [0.25, 0.3) is 5.52 Å². The Kier molecular flexibility index (Phi) is 3.10. The van der Waals surface area contributed by atoms with Gasteiger partial charge in [-0.2, -0.15) is 5.10 Å². The van der Waals surface area contributed by atoms with E-state index >= 15 is 0 Å². The van der Waals surface area contributed by atoms with E-state index in [9.17, 15) is 13.9 Å². The third kappa shape index (κ3) is 1.90. The molecule has 0 saturated carbocycles. The molecule has 0 aromatic carbocycles. The summed E-state index contributed by atoms with van der Waals surface area (Å²) in [6, 6.07) is 1.15. The lowest BCUT2D eigenvalue weighted by atomic mass is 9.86. The maximum absolute atomic E-state index is 15.0. The van der Waals surface area contributed by atoms with E-state index in [4.69, 9.17) is 10.5 Å². The third-order valence-corrected chi connectivity index (χ3v) is 4.28. The number of aromatic nitrogens is 3. The summed E-state index contributed by atoms with van der Waals surface area (Å²) >= 11 is 0. The van der Waals surface area contributed by atoms with Gasteiger partial charge in [-0.1, -0.05) is 6.92 Å². The Morgan fingerprint density at radius 3 is 2.90 bits per heavy atom. The molecule has 2 aromatic rings. The largest absolute Gasteiger partial charge is 0.394 e. The first-order chi connectivity index (χ1) is 9.87. The van der Waals surface area contributed by atoms with Gasteiger partial charge in [-0.15, -0.1) is 0 Å². The van der Waals surface area contributed by atoms with Crippen LogP contribution in [-0.2, 0) is 4.74 Å². The second-order valence-corrected chi connectivity index (χ2v) is 5.50. The maximum atomic E-state index is 15.0. The zero-order valence-corrected chi connectivity index (χ0v) is 11.6. The minimum absolute atomic E-state index is 0.00741. The number of hydrogen-bond donors (Lipinski definition) is 2. The summed E-state index contributed by atoms with van der Waals surface area (Å²) in [7, 11) is 0. The van der Waals surface area contributed by atoms with Crippen molar-refractivity contribution in [1.82, 2.24) is 14.6 Å². The molecule has 0 aliphatic carbocycles. The molecule has 0 amide bonds. The van der Waals surface area contributed by atoms with E-state index in [0.717, 1.165) is 6.07 Å². The average Bonchev–Trinajstić information content (AvgIpc) is 2.87. The number of nitrogens with zero attached hydrogens (tertiary/aromatic N) is 3. The van der Waals surface area contributed by atoms with Gasteiger partial charge in [0.2, 0.25) is 0 Å². The van der Waals surface area contributed by atoms with Crippen LogP contribution in [0.2, 0.25) is 0 Å². The topological polar surface area (TPSA) is 85.7 Å². The molecule has 3 rings (SSSR count). The number of alkyl halides is 1. The number of halogens is 2. The molecule has 1 fully saturated rings. The lowest BCUT2D eigenvalue weighted by Crippen LogP contribution is -2.32. The number of hydrogen-bond acceptors (Lipinski definition) is 5. The second kappa shape index (κ2) is 4.60. The zero-order chi connectivity index (χ0) is 15.4. The highest BCUT2D eigenvalue weighted by Crippen LogP contribution is 2.48. The molecule has 0 unspecified atom stereocenters. The summed E-state index contributed by atoms with van der Waals surface area (Å²) in [6.07, 6.45) is -0.531. The first-order valence-electron chi connectivity index (χ1n) is 6.60. The van der Waals surface area contributed by atoms with Crippen LogP contribution in [0.1, 0.15) is 25.6 Å². The van der Waals surface area contributed by atoms with Crippen molar-refractivity contribution in [2.24, 2.45) is 5.92 Å². The van der Waals surface area contributed by atoms with E-state index in [1.54, 1.807) is 6.92 Å². The molecule has 3 heterocycles. The Bertz CT molecular complexity index is 688. The van der Waals surface area contributed by atoms with Gasteiger partial charge in [0, 0.05) is 12.0 Å². The molecular formula is C13H16F2N4O2. The summed E-state index contributed by atoms with van der Waals surface area (Å²) in [4.78, 5) is 3.72. The van der Waals surface area contributed by atoms with Crippen molar-refractivity contribution in [2.75, 3.05) is 12.3 Å². The average molecular weight is 298 g/mol. The van der Waals surface area contributed by atoms with Gasteiger partial charge >= 0.3 is 0 Å². The van der Waals surface area contributed by atoms with Crippen molar-refractivity contribution < 1.29 is 18.6 Å². The van der Waals surface area contributed by atoms with Gasteiger partial charge in [0.25, 0.3) is 0 Å². The van der Waals surface area contributed by atoms with E-state index in [1.807, 2.05) is 0 Å². The van der Waals surface area contributed by atoms with Crippen molar-refractivity contribution >= 4 is 11.3 Å². The maximum Gasteiger partial charge on any atom is 0.154 e. The molecule has 0 spiro atoms. The first kappa shape index (κ1) is 14.2. The summed E-state index contributed by atoms with van der Waals surface area (Å²) in [5.74, 6) is -1.21. The van der Waals surface area contributed by atoms with Crippen LogP contribution < -0.4 is 5.73 Å². The number of nitrogens with two attached hydrogens (primary N) is 1. The van der Waals surface area contributed by atoms with Crippen LogP contribution in [0.5, 0.6) is 0 Å². The van der Waals surface area contributed by atoms with Gasteiger partial charge in [0.15, 0.2) is 11.6 Å². The zero-order valence-electron chi connectivity index (χ0n) is 11.6. The van der Waals surface area contributed by atoms with E-state index in [2.05, 4.69) is 10.1 Å². The molecule has 1 aliphatic heterocycles. The second-order valence-electron chi connectivity index (χ2n) is 5.50. The van der Waals surface area contributed by atoms with Crippen LogP contribution in [0.15, 0.2) is 12.4 Å². The summed E-state index contributed by atoms with van der Waals surface area (Å²) < 4.78 is 35.8. The highest BCUT2D eigenvalue weighted by atomic mass is 19.1. The van der Waals surface area contributed by atoms with E-state index in [-0.39, 0.29) is 23.6 Å². The lowest BCUT2D eigenvalue weighted by Gasteiger charge is -2.24. The Morgan fingerprint density at radius 1 is 1.57 bits per heavy atom. The van der Waals surface area contributed by atoms with Crippen LogP contribution in [0, 0.1) is 11.7 Å². The fourth-order valence-electron chi connectivity index (χ4n) is 2.82. The van der Waals surface area contributed by atoms with Gasteiger partial charge in [0.05, 0.1) is 18.4 Å². The highest BCUT2D eigenvalue weighted by molar-refractivity contribution is 5.66. The number of aliphatic hydroxyl groups is 1. The molecular weight excluding hydrogens is 282 g/mol. The smallest absolute Gasteiger partial charge is 0.154 e. The first-order valence-corrected chi connectivity index (χ1v) is 6.60. The lowest BCUT2D eigenvalue weighted by molar-refractivity contribution is -0.0200. The fraction of sp³-hybridized carbons (Fsp3) is 0.538. The molecule has 1 saturated heterocycles. The fourth-order valence-corrected chi connectivity index (χ4v) is 2.82. The van der Waals surface area contributed by atoms with Crippen molar-refractivity contribution in [1.29, 1.82) is 0 Å². The molecule has 0 radical (unpaired) electrons. The number of rotatable bonds is 2. The molecule has 4 atom stereocenters. The van der Waals surface area contributed by atoms with Crippen LogP contribution in [0.4, 0.5) is 14.6 Å². The minimum Gasteiger partial charge on any atom is -0.394 e. The number of ether oxygens (including phenoxy) is 1. The molecule has 1 aliphatic rings. The molecule has 114 valence electrons. The van der Waals surface area contributed by atoms with Crippen LogP contribution in [0.3, 0.4) is 0 Å². The number of anilines is 1. The van der Waals surface area contributed by atoms with Crippen molar-refractivity contribution in [3.8, 4) is 0 Å². The van der Waals surface area contributed by atoms with Crippen molar-refractivity contribution in [3.63, 3.8) is 0 Å². The van der Waals surface area contributed by atoms with Crippen LogP contribution >= 0.6 is 0 Å². The van der Waals surface area contributed by atoms with Crippen molar-refractivity contribution in [2.45, 2.75) is 31.7 Å². The Hall–Kier alpha value is -1.80. The molecule has 21 heavy (non-hydrogen) atoms. The van der Waals surface area contributed by atoms with Gasteiger partial charge in [-0.05, 0) is 6.92 Å².